The third-order valence-electron chi connectivity index (χ3n) is 5.10. The number of fused-ring (bicyclic) bond motifs is 1. The molecule has 0 bridgehead atoms. The van der Waals surface area contributed by atoms with Crippen LogP contribution in [0.15, 0.2) is 12.1 Å². The molecular formula is C22H31ClN6O. The highest BCUT2D eigenvalue weighted by atomic mass is 35.5. The first-order valence-corrected chi connectivity index (χ1v) is 11.0. The Morgan fingerprint density at radius 1 is 1.10 bits per heavy atom. The van der Waals surface area contributed by atoms with Crippen LogP contribution < -0.4 is 10.6 Å². The Morgan fingerprint density at radius 2 is 1.80 bits per heavy atom. The van der Waals surface area contributed by atoms with Crippen LogP contribution in [-0.4, -0.2) is 84.3 Å². The van der Waals surface area contributed by atoms with Gasteiger partial charge in [-0.3, -0.25) is 0 Å². The summed E-state index contributed by atoms with van der Waals surface area (Å²) < 4.78 is 0. The molecular weight excluding hydrogens is 400 g/mol. The number of aliphatic hydroxyl groups excluding tert-OH is 1. The minimum absolute atomic E-state index is 0.0341. The van der Waals surface area contributed by atoms with Crippen molar-refractivity contribution >= 4 is 34.3 Å². The third kappa shape index (κ3) is 6.19. The number of piperazine rings is 1. The van der Waals surface area contributed by atoms with Gasteiger partial charge in [0.05, 0.1) is 22.7 Å². The minimum atomic E-state index is 0.0341. The summed E-state index contributed by atoms with van der Waals surface area (Å²) in [6.45, 7) is 9.30. The predicted molar refractivity (Wildman–Crippen MR) is 124 cm³/mol. The normalized spacial score (nSPS) is 15.1. The summed E-state index contributed by atoms with van der Waals surface area (Å²) in [4.78, 5) is 14.4. The zero-order valence-electron chi connectivity index (χ0n) is 17.8. The van der Waals surface area contributed by atoms with Crippen LogP contribution in [0, 0.1) is 11.8 Å². The molecule has 1 saturated heterocycles. The number of hydrogen-bond acceptors (Lipinski definition) is 7. The van der Waals surface area contributed by atoms with Crippen molar-refractivity contribution < 1.29 is 5.11 Å². The van der Waals surface area contributed by atoms with E-state index in [1.165, 1.54) is 0 Å². The molecule has 1 aliphatic heterocycles. The summed E-state index contributed by atoms with van der Waals surface area (Å²) >= 11 is 6.38. The van der Waals surface area contributed by atoms with Crippen LogP contribution in [-0.2, 0) is 0 Å². The van der Waals surface area contributed by atoms with Gasteiger partial charge >= 0.3 is 0 Å². The Hall–Kier alpha value is -2.11. The lowest BCUT2D eigenvalue weighted by atomic mass is 10.2. The van der Waals surface area contributed by atoms with Crippen LogP contribution in [0.25, 0.3) is 11.0 Å². The van der Waals surface area contributed by atoms with Gasteiger partial charge in [0, 0.05) is 51.3 Å². The van der Waals surface area contributed by atoms with E-state index in [1.807, 2.05) is 13.0 Å². The van der Waals surface area contributed by atoms with Crippen LogP contribution in [0.5, 0.6) is 0 Å². The molecule has 8 heteroatoms. The Kier molecular flexibility index (Phi) is 8.52. The molecule has 2 heterocycles. The second-order valence-corrected chi connectivity index (χ2v) is 7.88. The molecule has 1 aromatic carbocycles. The van der Waals surface area contributed by atoms with E-state index in [0.717, 1.165) is 74.9 Å². The fourth-order valence-electron chi connectivity index (χ4n) is 3.38. The monoisotopic (exact) mass is 430 g/mol. The van der Waals surface area contributed by atoms with Crippen LogP contribution in [0.2, 0.25) is 5.02 Å². The second kappa shape index (κ2) is 11.3. The second-order valence-electron chi connectivity index (χ2n) is 7.47. The molecule has 7 nitrogen and oxygen atoms in total. The molecule has 1 aromatic heterocycles. The fraction of sp³-hybridized carbons (Fsp3) is 0.545. The molecule has 0 aliphatic carbocycles. The molecule has 0 radical (unpaired) electrons. The van der Waals surface area contributed by atoms with Gasteiger partial charge in [-0.2, -0.15) is 0 Å². The number of aliphatic hydroxyl groups is 1. The number of benzene rings is 1. The number of nitrogens with one attached hydrogen (secondary N) is 2. The number of nitrogens with zero attached hydrogens (tertiary/aromatic N) is 4. The zero-order chi connectivity index (χ0) is 21.3. The zero-order valence-corrected chi connectivity index (χ0v) is 18.6. The molecule has 162 valence electrons. The highest BCUT2D eigenvalue weighted by molar-refractivity contribution is 6.32. The van der Waals surface area contributed by atoms with Crippen molar-refractivity contribution in [1.29, 1.82) is 0 Å². The van der Waals surface area contributed by atoms with Crippen molar-refractivity contribution in [3.8, 4) is 11.8 Å². The lowest BCUT2D eigenvalue weighted by Crippen LogP contribution is -2.44. The van der Waals surface area contributed by atoms with E-state index >= 15 is 0 Å². The van der Waals surface area contributed by atoms with E-state index in [0.29, 0.717) is 17.0 Å². The molecule has 0 unspecified atom stereocenters. The molecule has 1 fully saturated rings. The molecule has 0 atom stereocenters. The highest BCUT2D eigenvalue weighted by Gasteiger charge is 2.14. The smallest absolute Gasteiger partial charge is 0.169 e. The van der Waals surface area contributed by atoms with Crippen LogP contribution >= 0.6 is 11.6 Å². The predicted octanol–water partition coefficient (Wildman–Crippen LogP) is 2.50. The molecule has 0 saturated carbocycles. The van der Waals surface area contributed by atoms with Crippen LogP contribution in [0.4, 0.5) is 11.6 Å². The first kappa shape index (κ1) is 22.6. The van der Waals surface area contributed by atoms with Crippen molar-refractivity contribution in [3.63, 3.8) is 0 Å². The molecule has 30 heavy (non-hydrogen) atoms. The Labute approximate surface area is 183 Å². The maximum atomic E-state index is 8.91. The van der Waals surface area contributed by atoms with E-state index in [-0.39, 0.29) is 6.61 Å². The van der Waals surface area contributed by atoms with Gasteiger partial charge in [-0.1, -0.05) is 23.4 Å². The number of rotatable bonds is 8. The number of likely N-dealkylation sites (N-methyl/N-ethyl adjacent to an activating group) is 1. The molecule has 3 rings (SSSR count). The number of halogens is 1. The average molecular weight is 431 g/mol. The lowest BCUT2D eigenvalue weighted by molar-refractivity contribution is 0.154. The third-order valence-corrected chi connectivity index (χ3v) is 5.41. The van der Waals surface area contributed by atoms with E-state index in [4.69, 9.17) is 26.7 Å². The van der Waals surface area contributed by atoms with Gasteiger partial charge in [-0.05, 0) is 39.1 Å². The van der Waals surface area contributed by atoms with Crippen molar-refractivity contribution in [2.45, 2.75) is 19.8 Å². The highest BCUT2D eigenvalue weighted by Crippen LogP contribution is 2.26. The van der Waals surface area contributed by atoms with E-state index < -0.39 is 0 Å². The van der Waals surface area contributed by atoms with Gasteiger partial charge in [-0.25, -0.2) is 9.97 Å². The standard InChI is InChI=1S/C22H31ClN6O/c1-3-24-21-22(25-8-6-9-29-12-10-28(2)11-13-29)27-20-16-18(23)17(7-4-5-14-30)15-19(20)26-21/h15-16,30H,3,5-6,8-14H2,1-2H3,(H,24,26)(H,25,27). The van der Waals surface area contributed by atoms with Crippen LogP contribution in [0.3, 0.4) is 0 Å². The summed E-state index contributed by atoms with van der Waals surface area (Å²) in [7, 11) is 2.18. The van der Waals surface area contributed by atoms with Crippen molar-refractivity contribution in [2.24, 2.45) is 0 Å². The number of anilines is 2. The number of aromatic nitrogens is 2. The fourth-order valence-corrected chi connectivity index (χ4v) is 3.59. The Bertz CT molecular complexity index is 902. The number of hydrogen-bond donors (Lipinski definition) is 3. The summed E-state index contributed by atoms with van der Waals surface area (Å²) in [6, 6.07) is 3.66. The minimum Gasteiger partial charge on any atom is -0.395 e. The molecule has 0 spiro atoms. The largest absolute Gasteiger partial charge is 0.395 e. The first-order chi connectivity index (χ1) is 14.6. The topological polar surface area (TPSA) is 76.5 Å². The molecule has 3 N–H and O–H groups in total. The van der Waals surface area contributed by atoms with E-state index in [1.54, 1.807) is 6.07 Å². The van der Waals surface area contributed by atoms with Gasteiger partial charge in [0.15, 0.2) is 11.6 Å². The van der Waals surface area contributed by atoms with Crippen molar-refractivity contribution in [1.82, 2.24) is 19.8 Å². The molecule has 0 amide bonds. The van der Waals surface area contributed by atoms with Gasteiger partial charge < -0.3 is 25.5 Å². The quantitative estimate of drug-likeness (QED) is 0.438. The van der Waals surface area contributed by atoms with Gasteiger partial charge in [0.25, 0.3) is 0 Å². The molecule has 1 aliphatic rings. The van der Waals surface area contributed by atoms with Crippen molar-refractivity contribution in [3.05, 3.63) is 22.7 Å². The summed E-state index contributed by atoms with van der Waals surface area (Å²) in [5, 5.41) is 16.2. The average Bonchev–Trinajstić information content (AvgIpc) is 2.74. The maximum absolute atomic E-state index is 8.91. The van der Waals surface area contributed by atoms with Gasteiger partial charge in [0.2, 0.25) is 0 Å². The first-order valence-electron chi connectivity index (χ1n) is 10.6. The lowest BCUT2D eigenvalue weighted by Gasteiger charge is -2.32. The summed E-state index contributed by atoms with van der Waals surface area (Å²) in [5.74, 6) is 7.38. The van der Waals surface area contributed by atoms with Gasteiger partial charge in [-0.15, -0.1) is 0 Å². The van der Waals surface area contributed by atoms with Gasteiger partial charge in [0.1, 0.15) is 0 Å². The Balaban J connectivity index is 1.69. The summed E-state index contributed by atoms with van der Waals surface area (Å²) in [5.41, 5.74) is 2.17. The summed E-state index contributed by atoms with van der Waals surface area (Å²) in [6.07, 6.45) is 1.47. The van der Waals surface area contributed by atoms with E-state index in [2.05, 4.69) is 39.3 Å². The molecule has 2 aromatic rings. The Morgan fingerprint density at radius 3 is 2.50 bits per heavy atom. The van der Waals surface area contributed by atoms with Crippen molar-refractivity contribution in [2.75, 3.05) is 70.1 Å². The maximum Gasteiger partial charge on any atom is 0.169 e. The van der Waals surface area contributed by atoms with Crippen LogP contribution in [0.1, 0.15) is 25.3 Å². The van der Waals surface area contributed by atoms with E-state index in [9.17, 15) is 0 Å². The SMILES string of the molecule is CCNc1nc2cc(C#CCCO)c(Cl)cc2nc1NCCCN1CCN(C)CC1.